The Morgan fingerprint density at radius 1 is 0.825 bits per heavy atom. The van der Waals surface area contributed by atoms with Crippen LogP contribution >= 0.6 is 0 Å². The van der Waals surface area contributed by atoms with Gasteiger partial charge in [0.15, 0.2) is 0 Å². The number of hydrogen-bond acceptors (Lipinski definition) is 6. The molecule has 0 amide bonds. The minimum absolute atomic E-state index is 0.0285. The van der Waals surface area contributed by atoms with Crippen molar-refractivity contribution in [1.82, 2.24) is 0 Å². The quantitative estimate of drug-likeness (QED) is 0.379. The summed E-state index contributed by atoms with van der Waals surface area (Å²) in [7, 11) is 0. The van der Waals surface area contributed by atoms with Crippen LogP contribution in [0.15, 0.2) is 0 Å². The van der Waals surface area contributed by atoms with E-state index in [2.05, 4.69) is 41.5 Å². The topological polar surface area (TPSA) is 82.1 Å². The van der Waals surface area contributed by atoms with Crippen molar-refractivity contribution in [3.8, 4) is 0 Å². The molecule has 11 atom stereocenters. The Morgan fingerprint density at radius 3 is 2.10 bits per heavy atom. The number of fused-ring (bicyclic) bond motifs is 5. The highest BCUT2D eigenvalue weighted by atomic mass is 16.6. The maximum atomic E-state index is 12.1. The summed E-state index contributed by atoms with van der Waals surface area (Å²) in [6.07, 6.45) is 8.52. The van der Waals surface area contributed by atoms with E-state index in [1.54, 1.807) is 0 Å². The molecule has 228 valence electrons. The maximum absolute atomic E-state index is 12.1. The first kappa shape index (κ1) is 30.3. The summed E-state index contributed by atoms with van der Waals surface area (Å²) in [6, 6.07) is 0. The van der Waals surface area contributed by atoms with Crippen molar-refractivity contribution in [3.05, 3.63) is 0 Å². The highest BCUT2D eigenvalue weighted by Gasteiger charge is 2.72. The van der Waals surface area contributed by atoms with Gasteiger partial charge in [0.05, 0.1) is 17.8 Å². The average Bonchev–Trinajstić information content (AvgIpc) is 3.40. The number of aliphatic hydroxyl groups is 1. The molecule has 0 aromatic rings. The van der Waals surface area contributed by atoms with Gasteiger partial charge in [-0.3, -0.25) is 9.59 Å². The van der Waals surface area contributed by atoms with Gasteiger partial charge in [0.2, 0.25) is 0 Å². The van der Waals surface area contributed by atoms with Crippen molar-refractivity contribution in [3.63, 3.8) is 0 Å². The molecule has 1 heterocycles. The van der Waals surface area contributed by atoms with Gasteiger partial charge < -0.3 is 19.3 Å². The third kappa shape index (κ3) is 4.23. The van der Waals surface area contributed by atoms with Crippen LogP contribution in [-0.4, -0.2) is 46.6 Å². The Labute approximate surface area is 242 Å². The van der Waals surface area contributed by atoms with Crippen LogP contribution < -0.4 is 0 Å². The molecular weight excluding hydrogens is 504 g/mol. The molecule has 1 saturated heterocycles. The minimum Gasteiger partial charge on any atom is -0.462 e. The smallest absolute Gasteiger partial charge is 0.303 e. The predicted molar refractivity (Wildman–Crippen MR) is 154 cm³/mol. The third-order valence-electron chi connectivity index (χ3n) is 13.9. The number of aliphatic hydroxyl groups excluding tert-OH is 1. The molecule has 1 N–H and O–H groups in total. The molecule has 6 heteroatoms. The van der Waals surface area contributed by atoms with Gasteiger partial charge in [-0.05, 0) is 118 Å². The summed E-state index contributed by atoms with van der Waals surface area (Å²) in [5, 5.41) is 12.1. The molecule has 5 fully saturated rings. The summed E-state index contributed by atoms with van der Waals surface area (Å²) in [6.45, 7) is 21.3. The first-order valence-corrected chi connectivity index (χ1v) is 16.0. The lowest BCUT2D eigenvalue weighted by molar-refractivity contribution is -0.251. The molecule has 4 saturated carbocycles. The molecule has 0 radical (unpaired) electrons. The summed E-state index contributed by atoms with van der Waals surface area (Å²) in [5.74, 6) is 0.917. The second-order valence-corrected chi connectivity index (χ2v) is 16.6. The van der Waals surface area contributed by atoms with Gasteiger partial charge in [0.1, 0.15) is 11.7 Å². The van der Waals surface area contributed by atoms with Crippen molar-refractivity contribution < 1.29 is 28.9 Å². The van der Waals surface area contributed by atoms with E-state index in [1.165, 1.54) is 13.8 Å². The lowest BCUT2D eigenvalue weighted by atomic mass is 9.35. The van der Waals surface area contributed by atoms with Crippen LogP contribution in [0.1, 0.15) is 127 Å². The zero-order valence-corrected chi connectivity index (χ0v) is 26.9. The van der Waals surface area contributed by atoms with E-state index in [-0.39, 0.29) is 69.3 Å². The number of esters is 2. The SMILES string of the molecule is CC(=O)O[C@H]1CC[C@@]2(C)[C@@H](CC[C@]3(C)[C@H]2C[C@@H](O)[C@@H]2[C@@H]([C@@]4(C)CC[C@@H](C(C)(C)OC(C)=O)O4)CC[C@]23C)C1(C)C. The molecular formula is C34H56O6. The highest BCUT2D eigenvalue weighted by molar-refractivity contribution is 5.66. The van der Waals surface area contributed by atoms with Gasteiger partial charge >= 0.3 is 11.9 Å². The molecule has 5 rings (SSSR count). The van der Waals surface area contributed by atoms with Gasteiger partial charge in [-0.1, -0.05) is 34.6 Å². The van der Waals surface area contributed by atoms with Crippen molar-refractivity contribution in [2.75, 3.05) is 0 Å². The van der Waals surface area contributed by atoms with Gasteiger partial charge in [0.25, 0.3) is 0 Å². The maximum Gasteiger partial charge on any atom is 0.303 e. The molecule has 40 heavy (non-hydrogen) atoms. The third-order valence-corrected chi connectivity index (χ3v) is 13.9. The van der Waals surface area contributed by atoms with Crippen LogP contribution in [-0.2, 0) is 23.8 Å². The van der Waals surface area contributed by atoms with Gasteiger partial charge in [0, 0.05) is 19.3 Å². The number of carbonyl (C=O) groups is 2. The Morgan fingerprint density at radius 2 is 1.48 bits per heavy atom. The van der Waals surface area contributed by atoms with E-state index in [4.69, 9.17) is 14.2 Å². The average molecular weight is 561 g/mol. The molecule has 4 aliphatic carbocycles. The summed E-state index contributed by atoms with van der Waals surface area (Å²) in [4.78, 5) is 23.7. The molecule has 0 aromatic carbocycles. The fourth-order valence-corrected chi connectivity index (χ4v) is 11.9. The van der Waals surface area contributed by atoms with Crippen molar-refractivity contribution in [2.45, 2.75) is 157 Å². The Bertz CT molecular complexity index is 1040. The summed E-state index contributed by atoms with van der Waals surface area (Å²) < 4.78 is 18.4. The first-order valence-electron chi connectivity index (χ1n) is 16.0. The lowest BCUT2D eigenvalue weighted by Gasteiger charge is -2.70. The highest BCUT2D eigenvalue weighted by Crippen LogP contribution is 2.76. The molecule has 5 aliphatic rings. The normalized spacial score (nSPS) is 49.9. The zero-order valence-electron chi connectivity index (χ0n) is 26.9. The predicted octanol–water partition coefficient (Wildman–Crippen LogP) is 6.85. The fraction of sp³-hybridized carbons (Fsp3) is 0.941. The molecule has 0 aromatic heterocycles. The number of hydrogen-bond donors (Lipinski definition) is 1. The van der Waals surface area contributed by atoms with Crippen LogP contribution in [0, 0.1) is 45.3 Å². The lowest BCUT2D eigenvalue weighted by Crippen LogP contribution is -2.66. The van der Waals surface area contributed by atoms with E-state index >= 15 is 0 Å². The molecule has 6 nitrogen and oxygen atoms in total. The second kappa shape index (κ2) is 9.43. The van der Waals surface area contributed by atoms with Crippen molar-refractivity contribution >= 4 is 11.9 Å². The van der Waals surface area contributed by atoms with Gasteiger partial charge in [-0.25, -0.2) is 0 Å². The Balaban J connectivity index is 1.42. The molecule has 0 unspecified atom stereocenters. The zero-order chi connectivity index (χ0) is 29.7. The number of rotatable bonds is 4. The monoisotopic (exact) mass is 560 g/mol. The Hall–Kier alpha value is -1.14. The van der Waals surface area contributed by atoms with E-state index in [0.717, 1.165) is 57.8 Å². The van der Waals surface area contributed by atoms with Crippen LogP contribution in [0.3, 0.4) is 0 Å². The number of ether oxygens (including phenoxy) is 3. The van der Waals surface area contributed by atoms with E-state index in [1.807, 2.05) is 13.8 Å². The molecule has 1 aliphatic heterocycles. The Kier molecular flexibility index (Phi) is 7.15. The second-order valence-electron chi connectivity index (χ2n) is 16.6. The van der Waals surface area contributed by atoms with E-state index in [0.29, 0.717) is 11.8 Å². The van der Waals surface area contributed by atoms with Crippen LogP contribution in [0.5, 0.6) is 0 Å². The number of carbonyl (C=O) groups excluding carboxylic acids is 2. The first-order chi connectivity index (χ1) is 18.3. The van der Waals surface area contributed by atoms with Crippen molar-refractivity contribution in [2.24, 2.45) is 45.3 Å². The van der Waals surface area contributed by atoms with E-state index in [9.17, 15) is 14.7 Å². The van der Waals surface area contributed by atoms with E-state index < -0.39 is 5.60 Å². The van der Waals surface area contributed by atoms with Crippen LogP contribution in [0.2, 0.25) is 0 Å². The minimum atomic E-state index is -0.668. The standard InChI is InChI=1S/C34H56O6/c1-20(35)38-26-13-15-31(7)24(29(26,3)4)12-17-32(8)25(31)19-23(37)28-22(11-16-33(28,32)9)34(10)18-14-27(40-34)30(5,6)39-21(2)36/h22-28,37H,11-19H2,1-10H3/t22-,23+,24-,25-,26-,27-,28-,31-,32+,33+,34+/m0/s1. The van der Waals surface area contributed by atoms with Gasteiger partial charge in [-0.2, -0.15) is 0 Å². The van der Waals surface area contributed by atoms with Gasteiger partial charge in [-0.15, -0.1) is 0 Å². The summed E-state index contributed by atoms with van der Waals surface area (Å²) >= 11 is 0. The molecule has 0 spiro atoms. The largest absolute Gasteiger partial charge is 0.462 e. The van der Waals surface area contributed by atoms with Crippen molar-refractivity contribution in [1.29, 1.82) is 0 Å². The molecule has 0 bridgehead atoms. The van der Waals surface area contributed by atoms with Crippen LogP contribution in [0.4, 0.5) is 0 Å². The summed E-state index contributed by atoms with van der Waals surface area (Å²) in [5.41, 5.74) is -0.825. The van der Waals surface area contributed by atoms with Crippen LogP contribution in [0.25, 0.3) is 0 Å². The fourth-order valence-electron chi connectivity index (χ4n) is 11.9.